The zero-order valence-electron chi connectivity index (χ0n) is 23.3. The molecule has 0 bridgehead atoms. The van der Waals surface area contributed by atoms with Crippen molar-refractivity contribution < 1.29 is 38.1 Å². The largest absolute Gasteiger partial charge is 0.493 e. The first-order chi connectivity index (χ1) is 18.1. The highest BCUT2D eigenvalue weighted by molar-refractivity contribution is 6.00. The molecule has 0 radical (unpaired) electrons. The van der Waals surface area contributed by atoms with E-state index in [9.17, 15) is 19.1 Å². The van der Waals surface area contributed by atoms with Gasteiger partial charge in [0.05, 0.1) is 19.8 Å². The normalized spacial score (nSPS) is 12.5. The van der Waals surface area contributed by atoms with Crippen molar-refractivity contribution in [1.82, 2.24) is 4.98 Å². The van der Waals surface area contributed by atoms with Crippen molar-refractivity contribution in [3.8, 4) is 11.5 Å². The number of methoxy groups -OCH3 is 2. The number of amides is 1. The van der Waals surface area contributed by atoms with Crippen molar-refractivity contribution >= 4 is 34.3 Å². The highest BCUT2D eigenvalue weighted by Crippen LogP contribution is 2.35. The molecule has 210 valence electrons. The second-order valence-electron chi connectivity index (χ2n) is 10.7. The number of carbonyl (C=O) groups is 2. The molecule has 1 heterocycles. The number of nitrogens with one attached hydrogen (secondary N) is 1. The predicted molar refractivity (Wildman–Crippen MR) is 145 cm³/mol. The first-order valence-electron chi connectivity index (χ1n) is 12.2. The Morgan fingerprint density at radius 2 is 1.62 bits per heavy atom. The molecule has 39 heavy (non-hydrogen) atoms. The maximum absolute atomic E-state index is 14.9. The second-order valence-corrected chi connectivity index (χ2v) is 10.7. The van der Waals surface area contributed by atoms with E-state index in [4.69, 9.17) is 19.0 Å². The lowest BCUT2D eigenvalue weighted by molar-refractivity contribution is -0.138. The van der Waals surface area contributed by atoms with E-state index in [0.29, 0.717) is 16.5 Å². The van der Waals surface area contributed by atoms with Crippen LogP contribution in [-0.4, -0.2) is 47.6 Å². The number of ether oxygens (including phenoxy) is 3. The number of benzene rings is 2. The summed E-state index contributed by atoms with van der Waals surface area (Å²) >= 11 is 0. The van der Waals surface area contributed by atoms with E-state index in [0.717, 1.165) is 11.1 Å². The van der Waals surface area contributed by atoms with Crippen LogP contribution in [0, 0.1) is 5.82 Å². The van der Waals surface area contributed by atoms with Crippen LogP contribution in [0.15, 0.2) is 42.6 Å². The summed E-state index contributed by atoms with van der Waals surface area (Å²) in [7, 11) is 2.74. The van der Waals surface area contributed by atoms with E-state index in [2.05, 4.69) is 10.3 Å². The van der Waals surface area contributed by atoms with E-state index in [1.54, 1.807) is 65.8 Å². The standard InChI is InChI=1S/C28H34FN3O7/c1-27(2,3)38-26(35)32(39-28(4,5)6)24-18-10-9-17(13-16(18)11-12-30-24)31-23(25(33)34)19-14-21(36-7)22(37-8)15-20(19)29/h9-15,23,31H,1-8H3,(H,33,34). The second kappa shape index (κ2) is 11.3. The van der Waals surface area contributed by atoms with Crippen molar-refractivity contribution in [3.63, 3.8) is 0 Å². The Hall–Kier alpha value is -4.12. The number of rotatable bonds is 8. The van der Waals surface area contributed by atoms with Crippen LogP contribution in [0.25, 0.3) is 10.8 Å². The number of fused-ring (bicyclic) bond motifs is 1. The molecule has 2 aromatic carbocycles. The minimum atomic E-state index is -1.44. The average molecular weight is 544 g/mol. The molecule has 10 nitrogen and oxygen atoms in total. The Balaban J connectivity index is 2.03. The van der Waals surface area contributed by atoms with E-state index in [1.807, 2.05) is 0 Å². The first kappa shape index (κ1) is 29.4. The topological polar surface area (TPSA) is 119 Å². The molecule has 0 saturated heterocycles. The van der Waals surface area contributed by atoms with Gasteiger partial charge in [-0.05, 0) is 77.3 Å². The molecule has 0 spiro atoms. The highest BCUT2D eigenvalue weighted by atomic mass is 19.1. The van der Waals surface area contributed by atoms with Crippen LogP contribution in [0.1, 0.15) is 53.1 Å². The summed E-state index contributed by atoms with van der Waals surface area (Å²) < 4.78 is 30.7. The number of pyridine rings is 1. The lowest BCUT2D eigenvalue weighted by atomic mass is 10.0. The molecule has 0 aliphatic rings. The van der Waals surface area contributed by atoms with Crippen molar-refractivity contribution in [2.45, 2.75) is 58.8 Å². The monoisotopic (exact) mass is 543 g/mol. The lowest BCUT2D eigenvalue weighted by Crippen LogP contribution is -2.42. The summed E-state index contributed by atoms with van der Waals surface area (Å²) in [6.45, 7) is 10.6. The molecular formula is C28H34FN3O7. The van der Waals surface area contributed by atoms with Crippen LogP contribution in [0.4, 0.5) is 20.7 Å². The fourth-order valence-electron chi connectivity index (χ4n) is 3.69. The predicted octanol–water partition coefficient (Wildman–Crippen LogP) is 6.10. The number of hydroxylamine groups is 1. The van der Waals surface area contributed by atoms with E-state index in [-0.39, 0.29) is 22.9 Å². The third-order valence-electron chi connectivity index (χ3n) is 5.23. The number of carboxylic acids is 1. The summed E-state index contributed by atoms with van der Waals surface area (Å²) in [6.07, 6.45) is 0.752. The molecule has 1 unspecified atom stereocenters. The van der Waals surface area contributed by atoms with Crippen molar-refractivity contribution in [3.05, 3.63) is 54.0 Å². The summed E-state index contributed by atoms with van der Waals surface area (Å²) in [5, 5.41) is 14.9. The van der Waals surface area contributed by atoms with Gasteiger partial charge in [-0.3, -0.25) is 4.84 Å². The highest BCUT2D eigenvalue weighted by Gasteiger charge is 2.31. The molecular weight excluding hydrogens is 509 g/mol. The SMILES string of the molecule is COc1cc(F)c(C(Nc2ccc3c(N(OC(C)(C)C)C(=O)OC(C)(C)C)nccc3c2)C(=O)O)cc1OC. The Labute approximate surface area is 226 Å². The molecule has 2 N–H and O–H groups in total. The molecule has 0 aliphatic heterocycles. The van der Waals surface area contributed by atoms with Crippen molar-refractivity contribution in [2.75, 3.05) is 24.6 Å². The quantitative estimate of drug-likeness (QED) is 0.325. The number of aliphatic carboxylic acids is 1. The zero-order chi connectivity index (χ0) is 29.1. The minimum Gasteiger partial charge on any atom is -0.493 e. The van der Waals surface area contributed by atoms with Crippen LogP contribution < -0.4 is 19.9 Å². The fraction of sp³-hybridized carbons (Fsp3) is 0.393. The van der Waals surface area contributed by atoms with Gasteiger partial charge in [-0.1, -0.05) is 0 Å². The molecule has 1 aromatic heterocycles. The van der Waals surface area contributed by atoms with Gasteiger partial charge in [0.15, 0.2) is 23.4 Å². The Bertz CT molecular complexity index is 1370. The summed E-state index contributed by atoms with van der Waals surface area (Å²) in [6, 6.07) is 7.54. The molecule has 3 rings (SSSR count). The maximum Gasteiger partial charge on any atom is 0.440 e. The van der Waals surface area contributed by atoms with Gasteiger partial charge >= 0.3 is 12.1 Å². The number of aromatic nitrogens is 1. The first-order valence-corrected chi connectivity index (χ1v) is 12.2. The molecule has 1 atom stereocenters. The van der Waals surface area contributed by atoms with Crippen molar-refractivity contribution in [1.29, 1.82) is 0 Å². The zero-order valence-corrected chi connectivity index (χ0v) is 23.3. The molecule has 0 fully saturated rings. The van der Waals surface area contributed by atoms with Crippen LogP contribution >= 0.6 is 0 Å². The number of hydrogen-bond donors (Lipinski definition) is 2. The Kier molecular flexibility index (Phi) is 8.54. The van der Waals surface area contributed by atoms with Crippen LogP contribution in [-0.2, 0) is 14.4 Å². The lowest BCUT2D eigenvalue weighted by Gasteiger charge is -2.31. The third kappa shape index (κ3) is 7.26. The minimum absolute atomic E-state index is 0.134. The van der Waals surface area contributed by atoms with E-state index in [1.165, 1.54) is 26.5 Å². The summed E-state index contributed by atoms with van der Waals surface area (Å²) in [5.74, 6) is -1.54. The molecule has 0 aliphatic carbocycles. The Morgan fingerprint density at radius 3 is 2.18 bits per heavy atom. The van der Waals surface area contributed by atoms with Gasteiger partial charge in [0.1, 0.15) is 11.4 Å². The van der Waals surface area contributed by atoms with Crippen molar-refractivity contribution in [2.24, 2.45) is 0 Å². The number of nitrogens with zero attached hydrogens (tertiary/aromatic N) is 2. The number of carbonyl (C=O) groups excluding carboxylic acids is 1. The van der Waals surface area contributed by atoms with Gasteiger partial charge in [-0.25, -0.2) is 19.0 Å². The van der Waals surface area contributed by atoms with Gasteiger partial charge < -0.3 is 24.6 Å². The molecule has 0 saturated carbocycles. The summed E-state index contributed by atoms with van der Waals surface area (Å²) in [4.78, 5) is 35.5. The van der Waals surface area contributed by atoms with Crippen LogP contribution in [0.2, 0.25) is 0 Å². The number of hydrogen-bond acceptors (Lipinski definition) is 8. The number of carboxylic acid groups (broad SMARTS) is 1. The number of halogens is 1. The van der Waals surface area contributed by atoms with Crippen LogP contribution in [0.3, 0.4) is 0 Å². The number of anilines is 2. The smallest absolute Gasteiger partial charge is 0.440 e. The molecule has 1 amide bonds. The fourth-order valence-corrected chi connectivity index (χ4v) is 3.69. The average Bonchev–Trinajstić information content (AvgIpc) is 2.83. The van der Waals surface area contributed by atoms with Gasteiger partial charge in [0.2, 0.25) is 0 Å². The third-order valence-corrected chi connectivity index (χ3v) is 5.23. The molecule has 11 heteroatoms. The maximum atomic E-state index is 14.9. The van der Waals surface area contributed by atoms with Gasteiger partial charge in [0.25, 0.3) is 0 Å². The Morgan fingerprint density at radius 1 is 0.974 bits per heavy atom. The van der Waals surface area contributed by atoms with Gasteiger partial charge in [0, 0.05) is 28.9 Å². The summed E-state index contributed by atoms with van der Waals surface area (Å²) in [5.41, 5.74) is -1.27. The van der Waals surface area contributed by atoms with E-state index >= 15 is 0 Å². The van der Waals surface area contributed by atoms with Gasteiger partial charge in [-0.2, -0.15) is 0 Å². The van der Waals surface area contributed by atoms with Crippen LogP contribution in [0.5, 0.6) is 11.5 Å². The van der Waals surface area contributed by atoms with E-state index < -0.39 is 35.1 Å². The van der Waals surface area contributed by atoms with Gasteiger partial charge in [-0.15, -0.1) is 5.06 Å². The molecule has 3 aromatic rings.